The minimum Gasteiger partial charge on any atom is -0.381 e. The fraction of sp³-hybridized carbons (Fsp3) is 0.667. The van der Waals surface area contributed by atoms with E-state index in [-0.39, 0.29) is 11.6 Å². The summed E-state index contributed by atoms with van der Waals surface area (Å²) < 4.78 is 11.2. The molecule has 0 aromatic carbocycles. The minimum atomic E-state index is -0.266. The number of pyridine rings is 1. The number of ether oxygens (including phenoxy) is 2. The smallest absolute Gasteiger partial charge is 0.0891 e. The summed E-state index contributed by atoms with van der Waals surface area (Å²) in [6, 6.07) is 4.24. The predicted octanol–water partition coefficient (Wildman–Crippen LogP) is 1.21. The van der Waals surface area contributed by atoms with Gasteiger partial charge in [-0.15, -0.1) is 0 Å². The average Bonchev–Trinajstić information content (AvgIpc) is 2.53. The van der Waals surface area contributed by atoms with Crippen LogP contribution >= 0.6 is 0 Å². The number of methoxy groups -OCH3 is 1. The van der Waals surface area contributed by atoms with Crippen molar-refractivity contribution in [3.8, 4) is 0 Å². The number of rotatable bonds is 6. The van der Waals surface area contributed by atoms with Crippen LogP contribution in [0.5, 0.6) is 0 Å². The second-order valence-corrected chi connectivity index (χ2v) is 5.32. The van der Waals surface area contributed by atoms with Crippen LogP contribution < -0.4 is 11.3 Å². The highest BCUT2D eigenvalue weighted by atomic mass is 16.5. The second kappa shape index (κ2) is 7.13. The topological polar surface area (TPSA) is 69.4 Å². The van der Waals surface area contributed by atoms with E-state index in [2.05, 4.69) is 29.5 Å². The zero-order chi connectivity index (χ0) is 14.4. The third kappa shape index (κ3) is 3.35. The number of hydrogen-bond acceptors (Lipinski definition) is 5. The van der Waals surface area contributed by atoms with Gasteiger partial charge in [-0.25, -0.2) is 0 Å². The number of hydrazine groups is 1. The van der Waals surface area contributed by atoms with Gasteiger partial charge in [0.05, 0.1) is 11.6 Å². The Hall–Kier alpha value is -1.01. The van der Waals surface area contributed by atoms with Crippen molar-refractivity contribution in [2.45, 2.75) is 44.2 Å². The van der Waals surface area contributed by atoms with Gasteiger partial charge in [0.25, 0.3) is 0 Å². The SMILES string of the molecule is CCc1ccc(CC(NN)C2(OC)CCOCC2)nc1. The fourth-order valence-corrected chi connectivity index (χ4v) is 2.80. The summed E-state index contributed by atoms with van der Waals surface area (Å²) >= 11 is 0. The van der Waals surface area contributed by atoms with E-state index in [4.69, 9.17) is 15.3 Å². The summed E-state index contributed by atoms with van der Waals surface area (Å²) in [5.41, 5.74) is 4.94. The molecule has 2 rings (SSSR count). The molecule has 1 fully saturated rings. The van der Waals surface area contributed by atoms with Crippen molar-refractivity contribution in [3.63, 3.8) is 0 Å². The van der Waals surface area contributed by atoms with Gasteiger partial charge in [0.2, 0.25) is 0 Å². The van der Waals surface area contributed by atoms with Crippen LogP contribution in [0, 0.1) is 0 Å². The molecule has 112 valence electrons. The quantitative estimate of drug-likeness (QED) is 0.605. The molecule has 5 heteroatoms. The van der Waals surface area contributed by atoms with Crippen molar-refractivity contribution in [2.75, 3.05) is 20.3 Å². The lowest BCUT2D eigenvalue weighted by atomic mass is 9.83. The Morgan fingerprint density at radius 3 is 2.70 bits per heavy atom. The van der Waals surface area contributed by atoms with Crippen LogP contribution in [0.2, 0.25) is 0 Å². The monoisotopic (exact) mass is 279 g/mol. The molecule has 0 spiro atoms. The zero-order valence-corrected chi connectivity index (χ0v) is 12.4. The van der Waals surface area contributed by atoms with Crippen LogP contribution in [-0.2, 0) is 22.3 Å². The summed E-state index contributed by atoms with van der Waals surface area (Å²) in [7, 11) is 1.75. The summed E-state index contributed by atoms with van der Waals surface area (Å²) in [5.74, 6) is 5.77. The number of hydrogen-bond donors (Lipinski definition) is 2. The van der Waals surface area contributed by atoms with Crippen LogP contribution in [-0.4, -0.2) is 37.0 Å². The molecule has 1 unspecified atom stereocenters. The van der Waals surface area contributed by atoms with E-state index in [0.717, 1.165) is 31.4 Å². The van der Waals surface area contributed by atoms with Gasteiger partial charge in [-0.3, -0.25) is 16.3 Å². The largest absolute Gasteiger partial charge is 0.381 e. The highest BCUT2D eigenvalue weighted by Gasteiger charge is 2.40. The maximum atomic E-state index is 5.80. The molecule has 1 atom stereocenters. The highest BCUT2D eigenvalue weighted by molar-refractivity contribution is 5.15. The zero-order valence-electron chi connectivity index (χ0n) is 12.4. The van der Waals surface area contributed by atoms with Crippen molar-refractivity contribution < 1.29 is 9.47 Å². The van der Waals surface area contributed by atoms with Gasteiger partial charge < -0.3 is 9.47 Å². The first-order valence-corrected chi connectivity index (χ1v) is 7.27. The number of aryl methyl sites for hydroxylation is 1. The molecule has 20 heavy (non-hydrogen) atoms. The van der Waals surface area contributed by atoms with Gasteiger partial charge in [0.1, 0.15) is 0 Å². The van der Waals surface area contributed by atoms with Crippen LogP contribution in [0.3, 0.4) is 0 Å². The molecular formula is C15H25N3O2. The third-order valence-electron chi connectivity index (χ3n) is 4.29. The molecule has 1 aliphatic rings. The first-order valence-electron chi connectivity index (χ1n) is 7.27. The molecule has 0 radical (unpaired) electrons. The van der Waals surface area contributed by atoms with Gasteiger partial charge in [-0.05, 0) is 18.1 Å². The van der Waals surface area contributed by atoms with Gasteiger partial charge in [0.15, 0.2) is 0 Å². The number of aromatic nitrogens is 1. The van der Waals surface area contributed by atoms with Crippen molar-refractivity contribution in [3.05, 3.63) is 29.6 Å². The number of nitrogens with two attached hydrogens (primary N) is 1. The van der Waals surface area contributed by atoms with Crippen molar-refractivity contribution in [2.24, 2.45) is 5.84 Å². The summed E-state index contributed by atoms with van der Waals surface area (Å²) in [5, 5.41) is 0. The fourth-order valence-electron chi connectivity index (χ4n) is 2.80. The lowest BCUT2D eigenvalue weighted by Crippen LogP contribution is -2.58. The van der Waals surface area contributed by atoms with E-state index in [1.807, 2.05) is 6.20 Å². The lowest BCUT2D eigenvalue weighted by Gasteiger charge is -2.41. The average molecular weight is 279 g/mol. The predicted molar refractivity (Wildman–Crippen MR) is 78.2 cm³/mol. The van der Waals surface area contributed by atoms with Crippen molar-refractivity contribution in [1.82, 2.24) is 10.4 Å². The molecule has 0 aliphatic carbocycles. The summed E-state index contributed by atoms with van der Waals surface area (Å²) in [6.07, 6.45) is 5.41. The van der Waals surface area contributed by atoms with Crippen molar-refractivity contribution in [1.29, 1.82) is 0 Å². The molecule has 2 heterocycles. The molecule has 5 nitrogen and oxygen atoms in total. The molecule has 0 saturated carbocycles. The maximum Gasteiger partial charge on any atom is 0.0891 e. The minimum absolute atomic E-state index is 0.0383. The molecule has 0 bridgehead atoms. The molecule has 1 aromatic rings. The first kappa shape index (κ1) is 15.4. The van der Waals surface area contributed by atoms with E-state index >= 15 is 0 Å². The van der Waals surface area contributed by atoms with Gasteiger partial charge in [-0.2, -0.15) is 0 Å². The van der Waals surface area contributed by atoms with Crippen LogP contribution in [0.4, 0.5) is 0 Å². The van der Waals surface area contributed by atoms with Crippen LogP contribution in [0.25, 0.3) is 0 Å². The molecule has 0 amide bonds. The Balaban J connectivity index is 2.09. The summed E-state index contributed by atoms with van der Waals surface area (Å²) in [6.45, 7) is 3.56. The third-order valence-corrected chi connectivity index (χ3v) is 4.29. The Morgan fingerprint density at radius 1 is 1.45 bits per heavy atom. The van der Waals surface area contributed by atoms with E-state index in [1.165, 1.54) is 5.56 Å². The van der Waals surface area contributed by atoms with E-state index in [9.17, 15) is 0 Å². The second-order valence-electron chi connectivity index (χ2n) is 5.32. The highest BCUT2D eigenvalue weighted by Crippen LogP contribution is 2.29. The number of nitrogens with zero attached hydrogens (tertiary/aromatic N) is 1. The van der Waals surface area contributed by atoms with E-state index in [0.29, 0.717) is 13.2 Å². The molecule has 1 aromatic heterocycles. The molecular weight excluding hydrogens is 254 g/mol. The Kier molecular flexibility index (Phi) is 5.48. The Morgan fingerprint density at radius 2 is 2.20 bits per heavy atom. The number of nitrogens with one attached hydrogen (secondary N) is 1. The van der Waals surface area contributed by atoms with Gasteiger partial charge >= 0.3 is 0 Å². The molecule has 3 N–H and O–H groups in total. The van der Waals surface area contributed by atoms with Crippen LogP contribution in [0.1, 0.15) is 31.0 Å². The van der Waals surface area contributed by atoms with E-state index < -0.39 is 0 Å². The Bertz CT molecular complexity index is 402. The Labute approximate surface area is 120 Å². The first-order chi connectivity index (χ1) is 9.74. The molecule has 1 saturated heterocycles. The van der Waals surface area contributed by atoms with E-state index in [1.54, 1.807) is 7.11 Å². The normalized spacial score (nSPS) is 19.8. The lowest BCUT2D eigenvalue weighted by molar-refractivity contribution is -0.110. The summed E-state index contributed by atoms with van der Waals surface area (Å²) in [4.78, 5) is 4.52. The van der Waals surface area contributed by atoms with Gasteiger partial charge in [0, 0.05) is 51.5 Å². The van der Waals surface area contributed by atoms with Crippen LogP contribution in [0.15, 0.2) is 18.3 Å². The van der Waals surface area contributed by atoms with Crippen molar-refractivity contribution >= 4 is 0 Å². The van der Waals surface area contributed by atoms with Gasteiger partial charge in [-0.1, -0.05) is 13.0 Å². The standard InChI is InChI=1S/C15H25N3O2/c1-3-12-4-5-13(17-11-12)10-14(18-16)15(19-2)6-8-20-9-7-15/h4-5,11,14,18H,3,6-10,16H2,1-2H3. The molecule has 1 aliphatic heterocycles. The maximum absolute atomic E-state index is 5.80.